The molecule has 28 heavy (non-hydrogen) atoms. The van der Waals surface area contributed by atoms with Crippen molar-refractivity contribution in [3.8, 4) is 11.1 Å². The highest BCUT2D eigenvalue weighted by atomic mass is 32.2. The molecule has 3 aromatic rings. The molecule has 2 aromatic carbocycles. The molecule has 9 heteroatoms. The Hall–Kier alpha value is -2.52. The second-order valence-corrected chi connectivity index (χ2v) is 9.04. The predicted octanol–water partition coefficient (Wildman–Crippen LogP) is 3.11. The van der Waals surface area contributed by atoms with Gasteiger partial charge in [-0.2, -0.15) is 9.40 Å². The minimum Gasteiger partial charge on any atom is -0.382 e. The van der Waals surface area contributed by atoms with Gasteiger partial charge in [0.05, 0.1) is 10.4 Å². The second-order valence-electron chi connectivity index (χ2n) is 7.10. The number of nitrogens with two attached hydrogens (primary N) is 1. The molecule has 0 spiro atoms. The number of anilines is 1. The number of rotatable bonds is 3. The van der Waals surface area contributed by atoms with Gasteiger partial charge in [0, 0.05) is 18.5 Å². The van der Waals surface area contributed by atoms with E-state index in [1.807, 2.05) is 19.1 Å². The van der Waals surface area contributed by atoms with E-state index < -0.39 is 35.5 Å². The van der Waals surface area contributed by atoms with Crippen LogP contribution in [0.25, 0.3) is 22.0 Å². The molecule has 6 nitrogen and oxygen atoms in total. The molecule has 2 atom stereocenters. The van der Waals surface area contributed by atoms with Gasteiger partial charge in [0.25, 0.3) is 0 Å². The lowest BCUT2D eigenvalue weighted by Crippen LogP contribution is -2.29. The fourth-order valence-corrected chi connectivity index (χ4v) is 5.28. The minimum atomic E-state index is -3.95. The predicted molar refractivity (Wildman–Crippen MR) is 104 cm³/mol. The van der Waals surface area contributed by atoms with Crippen LogP contribution in [-0.2, 0) is 10.0 Å². The van der Waals surface area contributed by atoms with Gasteiger partial charge in [0.1, 0.15) is 12.3 Å². The number of hydrogen-bond donors (Lipinski definition) is 2. The third-order valence-electron chi connectivity index (χ3n) is 5.29. The molecular weight excluding hydrogens is 386 g/mol. The van der Waals surface area contributed by atoms with Gasteiger partial charge in [-0.15, -0.1) is 0 Å². The fourth-order valence-electron chi connectivity index (χ4n) is 3.74. The zero-order valence-corrected chi connectivity index (χ0v) is 16.2. The Kier molecular flexibility index (Phi) is 4.39. The molecule has 1 aliphatic heterocycles. The third-order valence-corrected chi connectivity index (χ3v) is 7.12. The SMILES string of the molecule is Cc1cc(S(=O)(=O)N2CC(F)C(F)C2)ccc1-c1ccc2[nH]nc(N)c2c1C. The Labute approximate surface area is 161 Å². The Morgan fingerprint density at radius 1 is 1.11 bits per heavy atom. The highest BCUT2D eigenvalue weighted by Gasteiger charge is 2.40. The minimum absolute atomic E-state index is 0.0246. The summed E-state index contributed by atoms with van der Waals surface area (Å²) >= 11 is 0. The Morgan fingerprint density at radius 3 is 2.39 bits per heavy atom. The van der Waals surface area contributed by atoms with Gasteiger partial charge < -0.3 is 5.73 Å². The summed E-state index contributed by atoms with van der Waals surface area (Å²) in [5.74, 6) is 0.404. The lowest BCUT2D eigenvalue weighted by molar-refractivity contribution is 0.217. The van der Waals surface area contributed by atoms with E-state index in [9.17, 15) is 17.2 Å². The van der Waals surface area contributed by atoms with E-state index in [0.29, 0.717) is 5.82 Å². The van der Waals surface area contributed by atoms with Crippen LogP contribution in [0.4, 0.5) is 14.6 Å². The first-order valence-corrected chi connectivity index (χ1v) is 10.3. The standard InChI is InChI=1S/C19H20F2N4O2S/c1-10-7-12(28(26,27)25-8-15(20)16(21)9-25)3-4-13(10)14-5-6-17-18(11(14)2)19(22)24-23-17/h3-7,15-16H,8-9H2,1-2H3,(H3,22,23,24). The molecule has 0 aliphatic carbocycles. The zero-order chi connectivity index (χ0) is 20.2. The molecule has 2 heterocycles. The molecule has 2 unspecified atom stereocenters. The lowest BCUT2D eigenvalue weighted by atomic mass is 9.94. The maximum absolute atomic E-state index is 13.5. The van der Waals surface area contributed by atoms with Crippen molar-refractivity contribution in [3.05, 3.63) is 41.5 Å². The number of aromatic amines is 1. The van der Waals surface area contributed by atoms with Crippen molar-refractivity contribution < 1.29 is 17.2 Å². The van der Waals surface area contributed by atoms with Gasteiger partial charge in [-0.3, -0.25) is 5.10 Å². The van der Waals surface area contributed by atoms with Gasteiger partial charge in [0.15, 0.2) is 5.82 Å². The summed E-state index contributed by atoms with van der Waals surface area (Å²) in [6, 6.07) is 8.51. The van der Waals surface area contributed by atoms with Crippen molar-refractivity contribution in [2.75, 3.05) is 18.8 Å². The van der Waals surface area contributed by atoms with Gasteiger partial charge in [-0.05, 0) is 54.3 Å². The molecule has 0 saturated carbocycles. The number of hydrogen-bond acceptors (Lipinski definition) is 4. The van der Waals surface area contributed by atoms with Crippen LogP contribution in [0.2, 0.25) is 0 Å². The van der Waals surface area contributed by atoms with Crippen LogP contribution in [0.5, 0.6) is 0 Å². The first-order valence-electron chi connectivity index (χ1n) is 8.82. The van der Waals surface area contributed by atoms with Gasteiger partial charge in [-0.25, -0.2) is 17.2 Å². The number of sulfonamides is 1. The number of H-pyrrole nitrogens is 1. The number of nitrogens with one attached hydrogen (secondary N) is 1. The summed E-state index contributed by atoms with van der Waals surface area (Å²) in [6.07, 6.45) is -3.57. The quantitative estimate of drug-likeness (QED) is 0.699. The van der Waals surface area contributed by atoms with Crippen molar-refractivity contribution in [3.63, 3.8) is 0 Å². The normalized spacial score (nSPS) is 20.9. The number of aromatic nitrogens is 2. The first-order chi connectivity index (χ1) is 13.2. The molecule has 0 radical (unpaired) electrons. The van der Waals surface area contributed by atoms with E-state index in [2.05, 4.69) is 10.2 Å². The third kappa shape index (κ3) is 2.85. The van der Waals surface area contributed by atoms with Gasteiger partial charge >= 0.3 is 0 Å². The van der Waals surface area contributed by atoms with E-state index in [4.69, 9.17) is 5.73 Å². The smallest absolute Gasteiger partial charge is 0.243 e. The molecule has 1 fully saturated rings. The summed E-state index contributed by atoms with van der Waals surface area (Å²) in [7, 11) is -3.95. The Bertz CT molecular complexity index is 1170. The molecular formula is C19H20F2N4O2S. The summed E-state index contributed by atoms with van der Waals surface area (Å²) in [5, 5.41) is 7.72. The summed E-state index contributed by atoms with van der Waals surface area (Å²) < 4.78 is 53.3. The number of nitrogen functional groups attached to an aromatic ring is 1. The van der Waals surface area contributed by atoms with Crippen LogP contribution >= 0.6 is 0 Å². The molecule has 1 aromatic heterocycles. The zero-order valence-electron chi connectivity index (χ0n) is 15.4. The lowest BCUT2D eigenvalue weighted by Gasteiger charge is -2.17. The number of halogens is 2. The van der Waals surface area contributed by atoms with Crippen molar-refractivity contribution >= 4 is 26.7 Å². The van der Waals surface area contributed by atoms with Crippen LogP contribution in [0, 0.1) is 13.8 Å². The maximum atomic E-state index is 13.5. The second kappa shape index (κ2) is 6.52. The highest BCUT2D eigenvalue weighted by molar-refractivity contribution is 7.89. The van der Waals surface area contributed by atoms with E-state index >= 15 is 0 Å². The molecule has 0 bridgehead atoms. The molecule has 3 N–H and O–H groups in total. The van der Waals surface area contributed by atoms with Crippen molar-refractivity contribution in [1.29, 1.82) is 0 Å². The first kappa shape index (κ1) is 18.8. The number of alkyl halides is 2. The van der Waals surface area contributed by atoms with E-state index in [1.165, 1.54) is 12.1 Å². The average Bonchev–Trinajstić information content (AvgIpc) is 3.19. The van der Waals surface area contributed by atoms with E-state index in [1.54, 1.807) is 13.0 Å². The molecule has 1 aliphatic rings. The van der Waals surface area contributed by atoms with Crippen molar-refractivity contribution in [1.82, 2.24) is 14.5 Å². The highest BCUT2D eigenvalue weighted by Crippen LogP contribution is 2.34. The van der Waals surface area contributed by atoms with E-state index in [-0.39, 0.29) is 4.90 Å². The van der Waals surface area contributed by atoms with Crippen LogP contribution in [0.15, 0.2) is 35.2 Å². The summed E-state index contributed by atoms with van der Waals surface area (Å²) in [5.41, 5.74) is 10.2. The Balaban J connectivity index is 1.75. The monoisotopic (exact) mass is 406 g/mol. The van der Waals surface area contributed by atoms with Crippen LogP contribution in [-0.4, -0.2) is 48.4 Å². The number of benzene rings is 2. The van der Waals surface area contributed by atoms with Gasteiger partial charge in [0.2, 0.25) is 10.0 Å². The average molecular weight is 406 g/mol. The van der Waals surface area contributed by atoms with Gasteiger partial charge in [-0.1, -0.05) is 12.1 Å². The molecule has 0 amide bonds. The van der Waals surface area contributed by atoms with Crippen molar-refractivity contribution in [2.45, 2.75) is 31.1 Å². The summed E-state index contributed by atoms with van der Waals surface area (Å²) in [4.78, 5) is 0.0246. The van der Waals surface area contributed by atoms with Crippen LogP contribution in [0.3, 0.4) is 0 Å². The fraction of sp³-hybridized carbons (Fsp3) is 0.316. The maximum Gasteiger partial charge on any atom is 0.243 e. The van der Waals surface area contributed by atoms with E-state index in [0.717, 1.165) is 37.5 Å². The molecule has 1 saturated heterocycles. The summed E-state index contributed by atoms with van der Waals surface area (Å²) in [6.45, 7) is 2.82. The topological polar surface area (TPSA) is 92.1 Å². The number of fused-ring (bicyclic) bond motifs is 1. The Morgan fingerprint density at radius 2 is 1.75 bits per heavy atom. The largest absolute Gasteiger partial charge is 0.382 e. The number of aryl methyl sites for hydroxylation is 2. The van der Waals surface area contributed by atoms with Crippen LogP contribution in [0.1, 0.15) is 11.1 Å². The molecule has 4 rings (SSSR count). The van der Waals surface area contributed by atoms with Crippen LogP contribution < -0.4 is 5.73 Å². The number of nitrogens with zero attached hydrogens (tertiary/aromatic N) is 2. The molecule has 148 valence electrons. The van der Waals surface area contributed by atoms with Crippen molar-refractivity contribution in [2.24, 2.45) is 0 Å².